The summed E-state index contributed by atoms with van der Waals surface area (Å²) in [5.41, 5.74) is 0. The van der Waals surface area contributed by atoms with Crippen LogP contribution < -0.4 is 5.32 Å². The third kappa shape index (κ3) is 7.65. The first-order chi connectivity index (χ1) is 10.2. The van der Waals surface area contributed by atoms with E-state index in [-0.39, 0.29) is 0 Å². The molecule has 21 heavy (non-hydrogen) atoms. The van der Waals surface area contributed by atoms with Gasteiger partial charge in [0.05, 0.1) is 6.10 Å². The van der Waals surface area contributed by atoms with E-state index in [1.165, 1.54) is 57.8 Å². The first-order valence-electron chi connectivity index (χ1n) is 9.54. The van der Waals surface area contributed by atoms with Crippen molar-refractivity contribution in [1.29, 1.82) is 0 Å². The van der Waals surface area contributed by atoms with Crippen LogP contribution in [-0.4, -0.2) is 25.3 Å². The highest BCUT2D eigenvalue weighted by molar-refractivity contribution is 4.88. The molecule has 0 bridgehead atoms. The molecule has 0 radical (unpaired) electrons. The van der Waals surface area contributed by atoms with Crippen molar-refractivity contribution in [2.45, 2.75) is 97.6 Å². The number of nitrogens with one attached hydrogen (secondary N) is 1. The highest BCUT2D eigenvalue weighted by Crippen LogP contribution is 2.31. The summed E-state index contributed by atoms with van der Waals surface area (Å²) in [6, 6.07) is 0.573. The third-order valence-electron chi connectivity index (χ3n) is 4.85. The Hall–Kier alpha value is -0.0800. The van der Waals surface area contributed by atoms with Gasteiger partial charge in [-0.3, -0.25) is 0 Å². The highest BCUT2D eigenvalue weighted by Gasteiger charge is 2.34. The van der Waals surface area contributed by atoms with E-state index in [9.17, 15) is 0 Å². The number of rotatable bonds is 11. The fraction of sp³-hybridized carbons (Fsp3) is 1.00. The van der Waals surface area contributed by atoms with Gasteiger partial charge in [0.15, 0.2) is 0 Å². The average molecular weight is 298 g/mol. The molecule has 0 heterocycles. The van der Waals surface area contributed by atoms with Gasteiger partial charge >= 0.3 is 0 Å². The number of unbranched alkanes of at least 4 members (excludes halogenated alkanes) is 5. The molecule has 0 saturated heterocycles. The van der Waals surface area contributed by atoms with Crippen LogP contribution in [0, 0.1) is 11.8 Å². The van der Waals surface area contributed by atoms with Crippen LogP contribution in [0.15, 0.2) is 0 Å². The van der Waals surface area contributed by atoms with Gasteiger partial charge in [-0.1, -0.05) is 59.8 Å². The molecule has 1 rings (SSSR count). The Morgan fingerprint density at radius 1 is 0.905 bits per heavy atom. The van der Waals surface area contributed by atoms with Gasteiger partial charge in [-0.05, 0) is 44.1 Å². The molecule has 1 N–H and O–H groups in total. The van der Waals surface area contributed by atoms with E-state index in [1.807, 2.05) is 0 Å². The molecule has 1 fully saturated rings. The Labute approximate surface area is 133 Å². The van der Waals surface area contributed by atoms with E-state index in [2.05, 4.69) is 33.0 Å². The summed E-state index contributed by atoms with van der Waals surface area (Å²) >= 11 is 0. The predicted molar refractivity (Wildman–Crippen MR) is 92.8 cm³/mol. The lowest BCUT2D eigenvalue weighted by Gasteiger charge is -2.40. The van der Waals surface area contributed by atoms with Gasteiger partial charge in [0, 0.05) is 12.6 Å². The molecule has 2 heteroatoms. The summed E-state index contributed by atoms with van der Waals surface area (Å²) < 4.78 is 6.30. The molecule has 0 spiro atoms. The standard InChI is InChI=1S/C19H39NO/c1-5-7-8-9-10-11-13-21-19-17(4)14-16(3)15-18(19)20-12-6-2/h16-20H,5-15H2,1-4H3. The largest absolute Gasteiger partial charge is 0.376 e. The van der Waals surface area contributed by atoms with Crippen molar-refractivity contribution >= 4 is 0 Å². The average Bonchev–Trinajstić information content (AvgIpc) is 2.46. The molecule has 4 unspecified atom stereocenters. The molecular formula is C19H39NO. The maximum atomic E-state index is 6.30. The lowest BCUT2D eigenvalue weighted by atomic mass is 9.78. The van der Waals surface area contributed by atoms with Crippen molar-refractivity contribution in [3.63, 3.8) is 0 Å². The zero-order valence-electron chi connectivity index (χ0n) is 15.0. The van der Waals surface area contributed by atoms with E-state index in [0.29, 0.717) is 18.1 Å². The smallest absolute Gasteiger partial charge is 0.0753 e. The number of ether oxygens (including phenoxy) is 1. The maximum absolute atomic E-state index is 6.30. The predicted octanol–water partition coefficient (Wildman–Crippen LogP) is 5.17. The summed E-state index contributed by atoms with van der Waals surface area (Å²) in [6.07, 6.45) is 12.3. The number of hydrogen-bond acceptors (Lipinski definition) is 2. The lowest BCUT2D eigenvalue weighted by molar-refractivity contribution is -0.0388. The van der Waals surface area contributed by atoms with Crippen LogP contribution in [0.2, 0.25) is 0 Å². The van der Waals surface area contributed by atoms with Gasteiger partial charge in [-0.25, -0.2) is 0 Å². The fourth-order valence-electron chi connectivity index (χ4n) is 3.74. The zero-order chi connectivity index (χ0) is 15.5. The van der Waals surface area contributed by atoms with Gasteiger partial charge in [-0.2, -0.15) is 0 Å². The van der Waals surface area contributed by atoms with Crippen LogP contribution in [0.5, 0.6) is 0 Å². The minimum absolute atomic E-state index is 0.434. The molecule has 4 atom stereocenters. The molecule has 0 aliphatic heterocycles. The van der Waals surface area contributed by atoms with Crippen molar-refractivity contribution in [1.82, 2.24) is 5.32 Å². The van der Waals surface area contributed by atoms with Crippen LogP contribution in [0.25, 0.3) is 0 Å². The molecule has 1 aliphatic carbocycles. The van der Waals surface area contributed by atoms with Gasteiger partial charge in [0.1, 0.15) is 0 Å². The molecule has 2 nitrogen and oxygen atoms in total. The highest BCUT2D eigenvalue weighted by atomic mass is 16.5. The van der Waals surface area contributed by atoms with Crippen LogP contribution in [0.1, 0.15) is 85.5 Å². The van der Waals surface area contributed by atoms with E-state index in [0.717, 1.165) is 19.1 Å². The second-order valence-corrected chi connectivity index (χ2v) is 7.22. The fourth-order valence-corrected chi connectivity index (χ4v) is 3.74. The van der Waals surface area contributed by atoms with Gasteiger partial charge in [-0.15, -0.1) is 0 Å². The Bertz CT molecular complexity index is 244. The van der Waals surface area contributed by atoms with Crippen molar-refractivity contribution in [3.05, 3.63) is 0 Å². The van der Waals surface area contributed by atoms with Crippen molar-refractivity contribution in [2.24, 2.45) is 11.8 Å². The van der Waals surface area contributed by atoms with Crippen LogP contribution in [0.4, 0.5) is 0 Å². The van der Waals surface area contributed by atoms with Crippen LogP contribution in [-0.2, 0) is 4.74 Å². The van der Waals surface area contributed by atoms with Crippen LogP contribution >= 0.6 is 0 Å². The normalized spacial score (nSPS) is 29.7. The lowest BCUT2D eigenvalue weighted by Crippen LogP contribution is -2.49. The van der Waals surface area contributed by atoms with Crippen LogP contribution in [0.3, 0.4) is 0 Å². The van der Waals surface area contributed by atoms with Crippen molar-refractivity contribution < 1.29 is 4.74 Å². The summed E-state index contributed by atoms with van der Waals surface area (Å²) in [4.78, 5) is 0. The van der Waals surface area contributed by atoms with Crippen molar-refractivity contribution in [3.8, 4) is 0 Å². The molecule has 1 saturated carbocycles. The Morgan fingerprint density at radius 2 is 1.62 bits per heavy atom. The molecular weight excluding hydrogens is 258 g/mol. The second-order valence-electron chi connectivity index (χ2n) is 7.22. The molecule has 0 aromatic carbocycles. The molecule has 1 aliphatic rings. The van der Waals surface area contributed by atoms with E-state index < -0.39 is 0 Å². The summed E-state index contributed by atoms with van der Waals surface area (Å²) in [5.74, 6) is 1.53. The maximum Gasteiger partial charge on any atom is 0.0753 e. The summed E-state index contributed by atoms with van der Waals surface area (Å²) in [5, 5.41) is 3.73. The minimum atomic E-state index is 0.434. The van der Waals surface area contributed by atoms with E-state index >= 15 is 0 Å². The Morgan fingerprint density at radius 3 is 2.33 bits per heavy atom. The van der Waals surface area contributed by atoms with E-state index in [1.54, 1.807) is 0 Å². The summed E-state index contributed by atoms with van der Waals surface area (Å²) in [6.45, 7) is 11.4. The quantitative estimate of drug-likeness (QED) is 0.531. The van der Waals surface area contributed by atoms with Gasteiger partial charge < -0.3 is 10.1 Å². The topological polar surface area (TPSA) is 21.3 Å². The summed E-state index contributed by atoms with van der Waals surface area (Å²) in [7, 11) is 0. The molecule has 126 valence electrons. The monoisotopic (exact) mass is 297 g/mol. The minimum Gasteiger partial charge on any atom is -0.376 e. The number of hydrogen-bond donors (Lipinski definition) is 1. The van der Waals surface area contributed by atoms with Gasteiger partial charge in [0.25, 0.3) is 0 Å². The van der Waals surface area contributed by atoms with Crippen molar-refractivity contribution in [2.75, 3.05) is 13.2 Å². The Balaban J connectivity index is 2.24. The van der Waals surface area contributed by atoms with Gasteiger partial charge in [0.2, 0.25) is 0 Å². The molecule has 0 aromatic rings. The second kappa shape index (κ2) is 11.5. The Kier molecular flexibility index (Phi) is 10.4. The molecule has 0 aromatic heterocycles. The third-order valence-corrected chi connectivity index (χ3v) is 4.85. The first-order valence-corrected chi connectivity index (χ1v) is 9.54. The molecule has 0 amide bonds. The SMILES string of the molecule is CCCCCCCCOC1C(C)CC(C)CC1NCCC. The zero-order valence-corrected chi connectivity index (χ0v) is 15.0. The van der Waals surface area contributed by atoms with E-state index in [4.69, 9.17) is 4.74 Å². The first kappa shape index (κ1) is 19.0.